The molecule has 1 N–H and O–H groups in total. The number of aryl methyl sites for hydroxylation is 2. The topological polar surface area (TPSA) is 106 Å². The summed E-state index contributed by atoms with van der Waals surface area (Å²) < 4.78 is 12.7. The van der Waals surface area contributed by atoms with Gasteiger partial charge in [0, 0.05) is 18.0 Å². The van der Waals surface area contributed by atoms with Crippen LogP contribution in [-0.2, 0) is 4.79 Å². The Hall–Kier alpha value is -4.90. The monoisotopic (exact) mass is 480 g/mol. The quantitative estimate of drug-likeness (QED) is 0.309. The van der Waals surface area contributed by atoms with Crippen LogP contribution in [0.5, 0.6) is 17.4 Å². The lowest BCUT2D eigenvalue weighted by molar-refractivity contribution is -0.112. The van der Waals surface area contributed by atoms with Crippen LogP contribution in [0, 0.1) is 32.1 Å². The molecule has 8 nitrogen and oxygen atoms in total. The molecule has 1 amide bonds. The number of amides is 1. The number of methoxy groups -OCH3 is 1. The van der Waals surface area contributed by atoms with E-state index in [4.69, 9.17) is 9.47 Å². The number of nitriles is 1. The van der Waals surface area contributed by atoms with Crippen molar-refractivity contribution in [3.05, 3.63) is 99.0 Å². The van der Waals surface area contributed by atoms with Gasteiger partial charge in [-0.15, -0.1) is 0 Å². The molecule has 2 aromatic carbocycles. The molecule has 2 heterocycles. The predicted molar refractivity (Wildman–Crippen MR) is 137 cm³/mol. The fourth-order valence-corrected chi connectivity index (χ4v) is 3.62. The number of hydrogen-bond donors (Lipinski definition) is 1. The number of aromatic nitrogens is 2. The van der Waals surface area contributed by atoms with E-state index in [1.54, 1.807) is 42.6 Å². The molecule has 0 radical (unpaired) electrons. The maximum absolute atomic E-state index is 13.5. The minimum Gasteiger partial charge on any atom is -0.497 e. The number of nitrogens with zero attached hydrogens (tertiary/aromatic N) is 3. The van der Waals surface area contributed by atoms with Crippen molar-refractivity contribution in [2.75, 3.05) is 12.4 Å². The fraction of sp³-hybridized carbons (Fsp3) is 0.143. The lowest BCUT2D eigenvalue weighted by atomic mass is 10.1. The Morgan fingerprint density at radius 1 is 1.08 bits per heavy atom. The van der Waals surface area contributed by atoms with E-state index in [-0.39, 0.29) is 17.0 Å². The third-order valence-electron chi connectivity index (χ3n) is 5.79. The summed E-state index contributed by atoms with van der Waals surface area (Å²) in [6.07, 6.45) is 2.79. The van der Waals surface area contributed by atoms with Crippen LogP contribution >= 0.6 is 0 Å². The Balaban J connectivity index is 1.84. The summed E-state index contributed by atoms with van der Waals surface area (Å²) in [5.74, 6) is 0.391. The van der Waals surface area contributed by atoms with Gasteiger partial charge in [0.2, 0.25) is 5.88 Å². The van der Waals surface area contributed by atoms with E-state index in [0.29, 0.717) is 22.8 Å². The van der Waals surface area contributed by atoms with E-state index in [9.17, 15) is 14.9 Å². The van der Waals surface area contributed by atoms with Crippen molar-refractivity contribution in [2.45, 2.75) is 20.8 Å². The highest BCUT2D eigenvalue weighted by atomic mass is 16.5. The largest absolute Gasteiger partial charge is 0.497 e. The van der Waals surface area contributed by atoms with Gasteiger partial charge in [0.1, 0.15) is 34.4 Å². The maximum Gasteiger partial charge on any atom is 0.269 e. The van der Waals surface area contributed by atoms with E-state index in [0.717, 1.165) is 16.7 Å². The highest BCUT2D eigenvalue weighted by Crippen LogP contribution is 2.29. The second-order valence-electron chi connectivity index (χ2n) is 8.18. The minimum absolute atomic E-state index is 0.00457. The summed E-state index contributed by atoms with van der Waals surface area (Å²) in [5.41, 5.74) is 2.75. The number of pyridine rings is 1. The van der Waals surface area contributed by atoms with Crippen molar-refractivity contribution in [3.63, 3.8) is 0 Å². The van der Waals surface area contributed by atoms with Gasteiger partial charge in [-0.25, -0.2) is 0 Å². The second-order valence-corrected chi connectivity index (χ2v) is 8.18. The van der Waals surface area contributed by atoms with Gasteiger partial charge in [0.25, 0.3) is 11.5 Å². The van der Waals surface area contributed by atoms with Crippen LogP contribution in [0.15, 0.2) is 71.2 Å². The van der Waals surface area contributed by atoms with Gasteiger partial charge in [0.05, 0.1) is 7.11 Å². The first kappa shape index (κ1) is 24.2. The van der Waals surface area contributed by atoms with Crippen molar-refractivity contribution < 1.29 is 14.3 Å². The molecule has 0 aliphatic carbocycles. The molecule has 0 atom stereocenters. The van der Waals surface area contributed by atoms with Crippen LogP contribution in [0.25, 0.3) is 11.7 Å². The highest BCUT2D eigenvalue weighted by Gasteiger charge is 2.19. The van der Waals surface area contributed by atoms with Crippen molar-refractivity contribution >= 4 is 23.3 Å². The Bertz CT molecular complexity index is 1610. The molecule has 180 valence electrons. The zero-order chi connectivity index (χ0) is 25.8. The Morgan fingerprint density at radius 2 is 1.83 bits per heavy atom. The average Bonchev–Trinajstić information content (AvgIpc) is 2.87. The van der Waals surface area contributed by atoms with Crippen LogP contribution in [0.2, 0.25) is 0 Å². The Morgan fingerprint density at radius 3 is 2.58 bits per heavy atom. The zero-order valence-electron chi connectivity index (χ0n) is 20.3. The van der Waals surface area contributed by atoms with Gasteiger partial charge < -0.3 is 14.8 Å². The van der Waals surface area contributed by atoms with Gasteiger partial charge >= 0.3 is 0 Å². The molecule has 2 aromatic heterocycles. The number of hydrogen-bond acceptors (Lipinski definition) is 6. The van der Waals surface area contributed by atoms with E-state index in [2.05, 4.69) is 10.3 Å². The molecule has 0 unspecified atom stereocenters. The molecule has 0 saturated heterocycles. The molecule has 4 aromatic rings. The first-order chi connectivity index (χ1) is 17.3. The number of rotatable bonds is 6. The summed E-state index contributed by atoms with van der Waals surface area (Å²) >= 11 is 0. The molecule has 0 bridgehead atoms. The van der Waals surface area contributed by atoms with Crippen molar-refractivity contribution in [2.24, 2.45) is 0 Å². The summed E-state index contributed by atoms with van der Waals surface area (Å²) in [6.45, 7) is 5.69. The molecular formula is C28H24N4O4. The molecule has 8 heteroatoms. The number of carbonyl (C=O) groups is 1. The number of carbonyl (C=O) groups excluding carboxylic acids is 1. The number of fused-ring (bicyclic) bond motifs is 1. The Labute approximate surface area is 208 Å². The van der Waals surface area contributed by atoms with Crippen molar-refractivity contribution in [1.29, 1.82) is 5.26 Å². The van der Waals surface area contributed by atoms with E-state index in [1.807, 2.05) is 45.0 Å². The van der Waals surface area contributed by atoms with E-state index in [1.165, 1.54) is 17.6 Å². The van der Waals surface area contributed by atoms with Crippen molar-refractivity contribution in [1.82, 2.24) is 9.38 Å². The molecule has 0 aliphatic rings. The molecule has 4 rings (SSSR count). The normalized spacial score (nSPS) is 11.1. The number of nitrogens with one attached hydrogen (secondary N) is 1. The summed E-state index contributed by atoms with van der Waals surface area (Å²) in [5, 5.41) is 12.4. The van der Waals surface area contributed by atoms with Gasteiger partial charge in [-0.2, -0.15) is 10.2 Å². The standard InChI is InChI=1S/C28H24N4O4/c1-17-8-5-12-24(19(17)3)36-27-23(28(34)32-13-7-9-18(2)25(32)31-27)14-20(16-29)26(33)30-21-10-6-11-22(15-21)35-4/h5-15H,1-4H3,(H,30,33)/b20-14-. The number of anilines is 1. The average molecular weight is 481 g/mol. The van der Waals surface area contributed by atoms with Crippen molar-refractivity contribution in [3.8, 4) is 23.4 Å². The first-order valence-corrected chi connectivity index (χ1v) is 11.2. The SMILES string of the molecule is COc1cccc(NC(=O)/C(C#N)=C\c2c(Oc3cccc(C)c3C)nc3c(C)cccn3c2=O)c1. The van der Waals surface area contributed by atoms with Gasteiger partial charge in [-0.1, -0.05) is 24.3 Å². The lowest BCUT2D eigenvalue weighted by Crippen LogP contribution is -2.21. The Kier molecular flexibility index (Phi) is 6.84. The fourth-order valence-electron chi connectivity index (χ4n) is 3.62. The number of ether oxygens (including phenoxy) is 2. The number of benzene rings is 2. The van der Waals surface area contributed by atoms with Crippen LogP contribution in [-0.4, -0.2) is 22.4 Å². The van der Waals surface area contributed by atoms with E-state index < -0.39 is 11.5 Å². The van der Waals surface area contributed by atoms with Crippen LogP contribution in [0.4, 0.5) is 5.69 Å². The lowest BCUT2D eigenvalue weighted by Gasteiger charge is -2.14. The predicted octanol–water partition coefficient (Wildman–Crippen LogP) is 4.97. The van der Waals surface area contributed by atoms with Gasteiger partial charge in [0.15, 0.2) is 0 Å². The van der Waals surface area contributed by atoms with Gasteiger partial charge in [-0.05, 0) is 67.8 Å². The first-order valence-electron chi connectivity index (χ1n) is 11.2. The zero-order valence-corrected chi connectivity index (χ0v) is 20.3. The van der Waals surface area contributed by atoms with Gasteiger partial charge in [-0.3, -0.25) is 14.0 Å². The summed E-state index contributed by atoms with van der Waals surface area (Å²) in [7, 11) is 1.51. The second kappa shape index (κ2) is 10.2. The summed E-state index contributed by atoms with van der Waals surface area (Å²) in [6, 6.07) is 17.7. The van der Waals surface area contributed by atoms with Crippen LogP contribution < -0.4 is 20.3 Å². The minimum atomic E-state index is -0.683. The summed E-state index contributed by atoms with van der Waals surface area (Å²) in [4.78, 5) is 31.0. The third-order valence-corrected chi connectivity index (χ3v) is 5.79. The molecule has 0 saturated carbocycles. The molecule has 36 heavy (non-hydrogen) atoms. The van der Waals surface area contributed by atoms with Crippen LogP contribution in [0.3, 0.4) is 0 Å². The third kappa shape index (κ3) is 4.81. The van der Waals surface area contributed by atoms with E-state index >= 15 is 0 Å². The smallest absolute Gasteiger partial charge is 0.269 e. The molecular weight excluding hydrogens is 456 g/mol. The highest BCUT2D eigenvalue weighted by molar-refractivity contribution is 6.09. The molecule has 0 fully saturated rings. The molecule has 0 spiro atoms. The molecule has 0 aliphatic heterocycles. The maximum atomic E-state index is 13.5. The van der Waals surface area contributed by atoms with Crippen LogP contribution in [0.1, 0.15) is 22.3 Å².